The molecule has 0 saturated heterocycles. The Morgan fingerprint density at radius 1 is 1.18 bits per heavy atom. The van der Waals surface area contributed by atoms with E-state index in [9.17, 15) is 14.9 Å². The van der Waals surface area contributed by atoms with Crippen molar-refractivity contribution in [3.63, 3.8) is 0 Å². The lowest BCUT2D eigenvalue weighted by Crippen LogP contribution is -2.37. The Hall–Kier alpha value is -3.29. The monoisotopic (exact) mass is 386 g/mol. The van der Waals surface area contributed by atoms with Crippen LogP contribution in [0.1, 0.15) is 23.6 Å². The van der Waals surface area contributed by atoms with Crippen LogP contribution in [0.2, 0.25) is 0 Å². The van der Waals surface area contributed by atoms with E-state index in [2.05, 4.69) is 0 Å². The first-order valence-corrected chi connectivity index (χ1v) is 8.81. The summed E-state index contributed by atoms with van der Waals surface area (Å²) < 4.78 is 15.7. The Morgan fingerprint density at radius 2 is 1.86 bits per heavy atom. The van der Waals surface area contributed by atoms with E-state index in [0.29, 0.717) is 30.2 Å². The zero-order chi connectivity index (χ0) is 20.3. The zero-order valence-electron chi connectivity index (χ0n) is 16.0. The second-order valence-electron chi connectivity index (χ2n) is 6.39. The molecule has 0 unspecified atom stereocenters. The van der Waals surface area contributed by atoms with E-state index in [-0.39, 0.29) is 12.1 Å². The Morgan fingerprint density at radius 3 is 2.50 bits per heavy atom. The number of methoxy groups -OCH3 is 3. The van der Waals surface area contributed by atoms with Crippen LogP contribution in [0.3, 0.4) is 0 Å². The molecule has 8 heteroatoms. The molecule has 148 valence electrons. The van der Waals surface area contributed by atoms with E-state index < -0.39 is 16.9 Å². The first kappa shape index (κ1) is 19.5. The summed E-state index contributed by atoms with van der Waals surface area (Å²) in [5, 5.41) is 11.5. The minimum Gasteiger partial charge on any atom is -0.493 e. The van der Waals surface area contributed by atoms with Crippen molar-refractivity contribution >= 4 is 17.3 Å². The van der Waals surface area contributed by atoms with Gasteiger partial charge in [-0.15, -0.1) is 0 Å². The molecule has 2 aromatic rings. The average molecular weight is 386 g/mol. The molecule has 8 nitrogen and oxygen atoms in total. The fourth-order valence-corrected chi connectivity index (χ4v) is 3.64. The summed E-state index contributed by atoms with van der Waals surface area (Å²) >= 11 is 0. The van der Waals surface area contributed by atoms with Gasteiger partial charge in [0.1, 0.15) is 5.69 Å². The molecule has 0 N–H and O–H groups in total. The van der Waals surface area contributed by atoms with E-state index in [1.54, 1.807) is 32.4 Å². The highest BCUT2D eigenvalue weighted by Gasteiger charge is 2.34. The van der Waals surface area contributed by atoms with Crippen molar-refractivity contribution < 1.29 is 23.9 Å². The van der Waals surface area contributed by atoms with Gasteiger partial charge in [0.05, 0.1) is 38.7 Å². The van der Waals surface area contributed by atoms with Crippen LogP contribution in [0.5, 0.6) is 11.5 Å². The fourth-order valence-electron chi connectivity index (χ4n) is 3.64. The lowest BCUT2D eigenvalue weighted by molar-refractivity contribution is -0.384. The van der Waals surface area contributed by atoms with Crippen molar-refractivity contribution in [3.8, 4) is 11.5 Å². The lowest BCUT2D eigenvalue weighted by atomic mass is 9.89. The highest BCUT2D eigenvalue weighted by molar-refractivity contribution is 5.73. The quantitative estimate of drug-likeness (QED) is 0.427. The standard InChI is InChI=1S/C20H22N2O6/c1-26-18-10-13-8-9-21(15-6-4-5-7-16(15)22(24)25)17(12-20(23)28-3)14(13)11-19(18)27-2/h4-7,10-11,17H,8-9,12H2,1-3H3/t17-/m1/s1. The molecule has 1 aliphatic heterocycles. The van der Waals surface area contributed by atoms with E-state index >= 15 is 0 Å². The van der Waals surface area contributed by atoms with E-state index in [0.717, 1.165) is 11.1 Å². The maximum absolute atomic E-state index is 12.1. The van der Waals surface area contributed by atoms with Gasteiger partial charge in [-0.1, -0.05) is 12.1 Å². The van der Waals surface area contributed by atoms with Crippen LogP contribution in [0.4, 0.5) is 11.4 Å². The van der Waals surface area contributed by atoms with E-state index in [4.69, 9.17) is 14.2 Å². The summed E-state index contributed by atoms with van der Waals surface area (Å²) in [5.41, 5.74) is 2.36. The predicted molar refractivity (Wildman–Crippen MR) is 103 cm³/mol. The van der Waals surface area contributed by atoms with Gasteiger partial charge in [0.25, 0.3) is 5.69 Å². The molecular weight excluding hydrogens is 364 g/mol. The average Bonchev–Trinajstić information content (AvgIpc) is 2.72. The Kier molecular flexibility index (Phi) is 5.67. The fraction of sp³-hybridized carbons (Fsp3) is 0.350. The molecule has 0 bridgehead atoms. The molecule has 0 amide bonds. The zero-order valence-corrected chi connectivity index (χ0v) is 16.0. The maximum Gasteiger partial charge on any atom is 0.307 e. The molecule has 0 radical (unpaired) electrons. The first-order chi connectivity index (χ1) is 13.5. The number of carbonyl (C=O) groups excluding carboxylic acids is 1. The topological polar surface area (TPSA) is 91.1 Å². The van der Waals surface area contributed by atoms with Crippen LogP contribution in [0.25, 0.3) is 0 Å². The molecule has 0 saturated carbocycles. The second-order valence-corrected chi connectivity index (χ2v) is 6.39. The number of hydrogen-bond acceptors (Lipinski definition) is 7. The van der Waals surface area contributed by atoms with Gasteiger partial charge in [-0.2, -0.15) is 0 Å². The predicted octanol–water partition coefficient (Wildman–Crippen LogP) is 3.28. The van der Waals surface area contributed by atoms with Crippen molar-refractivity contribution in [2.75, 3.05) is 32.8 Å². The number of rotatable bonds is 6. The molecule has 0 aromatic heterocycles. The van der Waals surface area contributed by atoms with Gasteiger partial charge in [-0.05, 0) is 35.7 Å². The SMILES string of the molecule is COC(=O)C[C@@H]1c2cc(OC)c(OC)cc2CCN1c1ccccc1[N+](=O)[O-]. The van der Waals surface area contributed by atoms with Crippen molar-refractivity contribution in [1.82, 2.24) is 0 Å². The molecule has 3 rings (SSSR count). The molecule has 1 heterocycles. The second kappa shape index (κ2) is 8.16. The Bertz CT molecular complexity index is 898. The third kappa shape index (κ3) is 3.58. The number of nitro groups is 1. The molecule has 0 spiro atoms. The smallest absolute Gasteiger partial charge is 0.307 e. The third-order valence-electron chi connectivity index (χ3n) is 4.98. The van der Waals surface area contributed by atoms with Crippen LogP contribution in [-0.2, 0) is 16.0 Å². The van der Waals surface area contributed by atoms with Gasteiger partial charge in [0.2, 0.25) is 0 Å². The summed E-state index contributed by atoms with van der Waals surface area (Å²) in [6, 6.07) is 9.86. The molecule has 2 aromatic carbocycles. The minimum atomic E-state index is -0.419. The highest BCUT2D eigenvalue weighted by atomic mass is 16.6. The van der Waals surface area contributed by atoms with Gasteiger partial charge in [-0.3, -0.25) is 14.9 Å². The van der Waals surface area contributed by atoms with E-state index in [1.807, 2.05) is 17.0 Å². The molecule has 28 heavy (non-hydrogen) atoms. The molecule has 0 aliphatic carbocycles. The number of anilines is 1. The number of nitrogens with zero attached hydrogens (tertiary/aromatic N) is 2. The summed E-state index contributed by atoms with van der Waals surface area (Å²) in [7, 11) is 4.44. The third-order valence-corrected chi connectivity index (χ3v) is 4.98. The number of hydrogen-bond donors (Lipinski definition) is 0. The number of esters is 1. The minimum absolute atomic E-state index is 0.00120. The number of nitro benzene ring substituents is 1. The van der Waals surface area contributed by atoms with Crippen molar-refractivity contribution in [2.24, 2.45) is 0 Å². The van der Waals surface area contributed by atoms with Crippen LogP contribution in [0, 0.1) is 10.1 Å². The van der Waals surface area contributed by atoms with Crippen molar-refractivity contribution in [3.05, 3.63) is 57.6 Å². The van der Waals surface area contributed by atoms with Crippen LogP contribution in [-0.4, -0.2) is 38.8 Å². The largest absolute Gasteiger partial charge is 0.493 e. The molecular formula is C20H22N2O6. The number of ether oxygens (including phenoxy) is 3. The number of benzene rings is 2. The summed E-state index contributed by atoms with van der Waals surface area (Å²) in [6.45, 7) is 0.523. The van der Waals surface area contributed by atoms with Gasteiger partial charge in [0.15, 0.2) is 11.5 Å². The highest BCUT2D eigenvalue weighted by Crippen LogP contribution is 2.43. The van der Waals surface area contributed by atoms with Crippen LogP contribution in [0.15, 0.2) is 36.4 Å². The molecule has 0 fully saturated rings. The number of fused-ring (bicyclic) bond motifs is 1. The molecule has 1 atom stereocenters. The first-order valence-electron chi connectivity index (χ1n) is 8.81. The van der Waals surface area contributed by atoms with Crippen LogP contribution < -0.4 is 14.4 Å². The Labute approximate surface area is 162 Å². The van der Waals surface area contributed by atoms with Gasteiger partial charge < -0.3 is 19.1 Å². The maximum atomic E-state index is 12.1. The van der Waals surface area contributed by atoms with Gasteiger partial charge in [0, 0.05) is 12.6 Å². The number of para-hydroxylation sites is 2. The lowest BCUT2D eigenvalue weighted by Gasteiger charge is -2.38. The number of carbonyl (C=O) groups is 1. The summed E-state index contributed by atoms with van der Waals surface area (Å²) in [6.07, 6.45) is 0.713. The molecule has 1 aliphatic rings. The normalized spacial score (nSPS) is 15.5. The van der Waals surface area contributed by atoms with Crippen molar-refractivity contribution in [2.45, 2.75) is 18.9 Å². The van der Waals surface area contributed by atoms with E-state index in [1.165, 1.54) is 13.2 Å². The summed E-state index contributed by atoms with van der Waals surface area (Å²) in [4.78, 5) is 25.1. The summed E-state index contributed by atoms with van der Waals surface area (Å²) in [5.74, 6) is 0.758. The van der Waals surface area contributed by atoms with Crippen LogP contribution >= 0.6 is 0 Å². The van der Waals surface area contributed by atoms with Gasteiger partial charge >= 0.3 is 5.97 Å². The van der Waals surface area contributed by atoms with Gasteiger partial charge in [-0.25, -0.2) is 0 Å². The van der Waals surface area contributed by atoms with Crippen molar-refractivity contribution in [1.29, 1.82) is 0 Å². The Balaban J connectivity index is 2.13.